The average Bonchev–Trinajstić information content (AvgIpc) is 3.36. The maximum Gasteiger partial charge on any atom is 0.0461 e. The molecule has 250 valence electrons. The van der Waals surface area contributed by atoms with Crippen LogP contribution in [0.25, 0.3) is 0 Å². The van der Waals surface area contributed by atoms with Crippen molar-refractivity contribution < 1.29 is 0 Å². The Morgan fingerprint density at radius 1 is 0.531 bits per heavy atom. The van der Waals surface area contributed by atoms with Gasteiger partial charge in [0.2, 0.25) is 0 Å². The van der Waals surface area contributed by atoms with E-state index in [1.807, 2.05) is 0 Å². The third-order valence-electron chi connectivity index (χ3n) is 11.2. The lowest BCUT2D eigenvalue weighted by Crippen LogP contribution is -2.37. The minimum Gasteiger partial charge on any atom is -0.315 e. The second-order valence-electron chi connectivity index (χ2n) is 14.8. The highest BCUT2D eigenvalue weighted by Crippen LogP contribution is 2.49. The summed E-state index contributed by atoms with van der Waals surface area (Å²) in [5.74, 6) is 0.484. The summed E-state index contributed by atoms with van der Waals surface area (Å²) in [5.41, 5.74) is 14.5. The van der Waals surface area contributed by atoms with Crippen LogP contribution in [0.4, 0.5) is 22.7 Å². The van der Waals surface area contributed by atoms with Crippen LogP contribution in [0.1, 0.15) is 87.0 Å². The Bertz CT molecular complexity index is 1800. The second kappa shape index (κ2) is 14.5. The molecular formula is C47H52N2. The topological polar surface area (TPSA) is 6.48 Å². The molecule has 4 aromatic rings. The molecule has 4 aromatic carbocycles. The Kier molecular flexibility index (Phi) is 9.76. The minimum absolute atomic E-state index is 0.157. The highest BCUT2D eigenvalue weighted by molar-refractivity contribution is 5.77. The molecule has 1 saturated carbocycles. The standard InChI is InChI=1S/C47H52N2/c1-35-9-8-10-41(22-11-35)48(42-23-12-36(2)13-24-42)45-29-18-39(19-30-45)47(33-6-5-7-34-47)40-20-31-46(32-21-40)49(43-25-14-37(3)15-26-43)44-27-16-38(4)17-28-44/h11-18,20-32,39H,5-10,19,33-34H2,1-4H3. The van der Waals surface area contributed by atoms with Gasteiger partial charge in [-0.1, -0.05) is 108 Å². The summed E-state index contributed by atoms with van der Waals surface area (Å²) in [7, 11) is 0. The number of aryl methyl sites for hydroxylation is 3. The molecule has 1 atom stereocenters. The van der Waals surface area contributed by atoms with Gasteiger partial charge < -0.3 is 9.80 Å². The molecule has 0 bridgehead atoms. The highest BCUT2D eigenvalue weighted by Gasteiger charge is 2.40. The van der Waals surface area contributed by atoms with Gasteiger partial charge in [0, 0.05) is 39.6 Å². The van der Waals surface area contributed by atoms with Crippen LogP contribution in [0.2, 0.25) is 0 Å². The molecule has 49 heavy (non-hydrogen) atoms. The van der Waals surface area contributed by atoms with Crippen LogP contribution >= 0.6 is 0 Å². The molecule has 3 aliphatic rings. The van der Waals surface area contributed by atoms with Crippen molar-refractivity contribution in [2.75, 3.05) is 9.80 Å². The maximum absolute atomic E-state index is 2.57. The van der Waals surface area contributed by atoms with Crippen LogP contribution in [-0.2, 0) is 5.41 Å². The summed E-state index contributed by atoms with van der Waals surface area (Å²) in [6.45, 7) is 8.75. The highest BCUT2D eigenvalue weighted by atomic mass is 15.2. The predicted octanol–water partition coefficient (Wildman–Crippen LogP) is 13.3. The summed E-state index contributed by atoms with van der Waals surface area (Å²) in [6, 6.07) is 36.5. The number of hydrogen-bond donors (Lipinski definition) is 0. The summed E-state index contributed by atoms with van der Waals surface area (Å²) >= 11 is 0. The van der Waals surface area contributed by atoms with Gasteiger partial charge >= 0.3 is 0 Å². The number of anilines is 4. The Balaban J connectivity index is 1.20. The van der Waals surface area contributed by atoms with E-state index in [0.29, 0.717) is 5.92 Å². The van der Waals surface area contributed by atoms with E-state index in [2.05, 4.69) is 165 Å². The summed E-state index contributed by atoms with van der Waals surface area (Å²) in [4.78, 5) is 4.92. The lowest BCUT2D eigenvalue weighted by atomic mass is 9.60. The first-order chi connectivity index (χ1) is 23.9. The molecule has 0 saturated heterocycles. The first-order valence-corrected chi connectivity index (χ1v) is 18.6. The van der Waals surface area contributed by atoms with Crippen LogP contribution in [0.3, 0.4) is 0 Å². The Morgan fingerprint density at radius 3 is 1.55 bits per heavy atom. The predicted molar refractivity (Wildman–Crippen MR) is 210 cm³/mol. The summed E-state index contributed by atoms with van der Waals surface area (Å²) in [6.07, 6.45) is 23.2. The first kappa shape index (κ1) is 33.0. The Labute approximate surface area is 295 Å². The quantitative estimate of drug-likeness (QED) is 0.188. The lowest BCUT2D eigenvalue weighted by molar-refractivity contribution is 0.222. The third-order valence-corrected chi connectivity index (χ3v) is 11.2. The molecule has 1 unspecified atom stereocenters. The van der Waals surface area contributed by atoms with Crippen molar-refractivity contribution in [1.82, 2.24) is 0 Å². The summed E-state index contributed by atoms with van der Waals surface area (Å²) in [5, 5.41) is 0. The molecule has 0 spiro atoms. The molecular weight excluding hydrogens is 593 g/mol. The van der Waals surface area contributed by atoms with Crippen LogP contribution in [-0.4, -0.2) is 0 Å². The van der Waals surface area contributed by atoms with Gasteiger partial charge in [0.05, 0.1) is 0 Å². The van der Waals surface area contributed by atoms with Gasteiger partial charge in [-0.15, -0.1) is 0 Å². The number of rotatable bonds is 8. The smallest absolute Gasteiger partial charge is 0.0461 e. The van der Waals surface area contributed by atoms with E-state index in [1.54, 1.807) is 0 Å². The zero-order chi connectivity index (χ0) is 33.8. The fraction of sp³-hybridized carbons (Fsp3) is 0.319. The first-order valence-electron chi connectivity index (χ1n) is 18.6. The molecule has 0 heterocycles. The molecule has 0 radical (unpaired) electrons. The fourth-order valence-electron chi connectivity index (χ4n) is 8.33. The van der Waals surface area contributed by atoms with Gasteiger partial charge in [-0.05, 0) is 138 Å². The molecule has 3 aliphatic carbocycles. The van der Waals surface area contributed by atoms with Crippen LogP contribution in [0, 0.1) is 26.7 Å². The van der Waals surface area contributed by atoms with Gasteiger partial charge in [-0.2, -0.15) is 0 Å². The molecule has 7 rings (SSSR count). The molecule has 0 N–H and O–H groups in total. The fourth-order valence-corrected chi connectivity index (χ4v) is 8.33. The van der Waals surface area contributed by atoms with Crippen LogP contribution < -0.4 is 9.80 Å². The maximum atomic E-state index is 2.57. The van der Waals surface area contributed by atoms with Crippen molar-refractivity contribution >= 4 is 22.7 Å². The molecule has 2 heteroatoms. The molecule has 0 aromatic heterocycles. The van der Waals surface area contributed by atoms with E-state index in [9.17, 15) is 0 Å². The van der Waals surface area contributed by atoms with Crippen molar-refractivity contribution in [2.45, 2.75) is 90.9 Å². The van der Waals surface area contributed by atoms with Crippen LogP contribution in [0.15, 0.2) is 144 Å². The van der Waals surface area contributed by atoms with E-state index in [-0.39, 0.29) is 5.41 Å². The lowest BCUT2D eigenvalue weighted by Gasteiger charge is -2.44. The van der Waals surface area contributed by atoms with Crippen molar-refractivity contribution in [3.05, 3.63) is 167 Å². The Hall–Kier alpha value is -4.56. The van der Waals surface area contributed by atoms with Gasteiger partial charge in [0.25, 0.3) is 0 Å². The van der Waals surface area contributed by atoms with Crippen molar-refractivity contribution in [3.63, 3.8) is 0 Å². The zero-order valence-electron chi connectivity index (χ0n) is 30.0. The van der Waals surface area contributed by atoms with Gasteiger partial charge in [-0.3, -0.25) is 0 Å². The van der Waals surface area contributed by atoms with E-state index in [0.717, 1.165) is 12.8 Å². The molecule has 1 fully saturated rings. The van der Waals surface area contributed by atoms with Crippen molar-refractivity contribution in [1.29, 1.82) is 0 Å². The minimum atomic E-state index is 0.157. The van der Waals surface area contributed by atoms with Gasteiger partial charge in [0.15, 0.2) is 0 Å². The normalized spacial score (nSPS) is 18.9. The number of nitrogens with zero attached hydrogens (tertiary/aromatic N) is 2. The zero-order valence-corrected chi connectivity index (χ0v) is 30.0. The summed E-state index contributed by atoms with van der Waals surface area (Å²) < 4.78 is 0. The van der Waals surface area contributed by atoms with E-state index in [4.69, 9.17) is 0 Å². The number of hydrogen-bond acceptors (Lipinski definition) is 2. The van der Waals surface area contributed by atoms with Gasteiger partial charge in [0.1, 0.15) is 0 Å². The van der Waals surface area contributed by atoms with Gasteiger partial charge in [-0.25, -0.2) is 0 Å². The monoisotopic (exact) mass is 644 g/mol. The van der Waals surface area contributed by atoms with E-state index >= 15 is 0 Å². The van der Waals surface area contributed by atoms with E-state index < -0.39 is 0 Å². The molecule has 0 aliphatic heterocycles. The third kappa shape index (κ3) is 7.11. The van der Waals surface area contributed by atoms with Crippen LogP contribution in [0.5, 0.6) is 0 Å². The van der Waals surface area contributed by atoms with Crippen molar-refractivity contribution in [3.8, 4) is 0 Å². The average molecular weight is 645 g/mol. The number of allylic oxidation sites excluding steroid dienone is 7. The second-order valence-corrected chi connectivity index (χ2v) is 14.8. The Morgan fingerprint density at radius 2 is 1.04 bits per heavy atom. The molecule has 0 amide bonds. The van der Waals surface area contributed by atoms with Crippen molar-refractivity contribution in [2.24, 2.45) is 5.92 Å². The van der Waals surface area contributed by atoms with E-state index in [1.165, 1.54) is 107 Å². The largest absolute Gasteiger partial charge is 0.315 e. The number of benzene rings is 4. The SMILES string of the molecule is CC1=CC=C(N(C2=CCC(C3(c4ccc(N(c5ccc(C)cc5)c5ccc(C)cc5)cc4)CCCCC3)C=C2)c2ccc(C)cc2)CCC1. The molecule has 2 nitrogen and oxygen atoms in total.